The summed E-state index contributed by atoms with van der Waals surface area (Å²) in [6.45, 7) is 6.83. The van der Waals surface area contributed by atoms with E-state index in [9.17, 15) is 14.4 Å². The Balaban J connectivity index is 1.43. The van der Waals surface area contributed by atoms with Gasteiger partial charge in [0.2, 0.25) is 11.9 Å². The van der Waals surface area contributed by atoms with Crippen LogP contribution < -0.4 is 16.2 Å². The van der Waals surface area contributed by atoms with Crippen LogP contribution in [-0.4, -0.2) is 50.4 Å². The van der Waals surface area contributed by atoms with Gasteiger partial charge in [-0.2, -0.15) is 4.98 Å². The van der Waals surface area contributed by atoms with Crippen molar-refractivity contribution in [2.75, 3.05) is 23.7 Å². The number of benzene rings is 1. The van der Waals surface area contributed by atoms with Crippen molar-refractivity contribution in [1.29, 1.82) is 0 Å². The van der Waals surface area contributed by atoms with E-state index in [1.54, 1.807) is 52.9 Å². The molecule has 1 fully saturated rings. The molecule has 33 heavy (non-hydrogen) atoms. The van der Waals surface area contributed by atoms with Crippen LogP contribution in [0.1, 0.15) is 50.0 Å². The highest BCUT2D eigenvalue weighted by Gasteiger charge is 2.27. The van der Waals surface area contributed by atoms with Crippen molar-refractivity contribution in [2.45, 2.75) is 45.7 Å². The molecule has 3 aromatic rings. The minimum atomic E-state index is -0.0972. The average Bonchev–Trinajstić information content (AvgIpc) is 3.27. The van der Waals surface area contributed by atoms with Gasteiger partial charge in [0.05, 0.1) is 0 Å². The summed E-state index contributed by atoms with van der Waals surface area (Å²) in [6.07, 6.45) is 2.88. The number of hydrogen-bond donors (Lipinski definition) is 2. The first-order chi connectivity index (χ1) is 15.9. The third kappa shape index (κ3) is 4.87. The zero-order valence-corrected chi connectivity index (χ0v) is 19.0. The van der Waals surface area contributed by atoms with Gasteiger partial charge in [0, 0.05) is 60.5 Å². The topological polar surface area (TPSA) is 109 Å². The van der Waals surface area contributed by atoms with E-state index in [1.165, 1.54) is 6.07 Å². The van der Waals surface area contributed by atoms with Crippen molar-refractivity contribution in [3.05, 3.63) is 58.5 Å². The van der Waals surface area contributed by atoms with Gasteiger partial charge in [-0.05, 0) is 50.6 Å². The van der Waals surface area contributed by atoms with E-state index in [0.717, 1.165) is 11.8 Å². The molecule has 0 aliphatic carbocycles. The lowest BCUT2D eigenvalue weighted by Gasteiger charge is -2.18. The molecular formula is C24H28N6O3. The van der Waals surface area contributed by atoms with Crippen LogP contribution in [0.5, 0.6) is 0 Å². The van der Waals surface area contributed by atoms with Crippen LogP contribution in [0, 0.1) is 0 Å². The Labute approximate surface area is 191 Å². The molecule has 2 aromatic heterocycles. The minimum Gasteiger partial charge on any atom is -0.350 e. The molecule has 1 unspecified atom stereocenters. The number of carbonyl (C=O) groups is 2. The van der Waals surface area contributed by atoms with E-state index in [4.69, 9.17) is 0 Å². The smallest absolute Gasteiger partial charge is 0.253 e. The largest absolute Gasteiger partial charge is 0.350 e. The number of rotatable bonds is 6. The molecule has 2 amide bonds. The maximum absolute atomic E-state index is 12.9. The summed E-state index contributed by atoms with van der Waals surface area (Å²) in [6, 6.07) is 10.2. The maximum Gasteiger partial charge on any atom is 0.253 e. The molecule has 3 heterocycles. The molecule has 1 saturated heterocycles. The first-order valence-corrected chi connectivity index (χ1v) is 11.2. The second-order valence-electron chi connectivity index (χ2n) is 8.47. The fourth-order valence-corrected chi connectivity index (χ4v) is 3.98. The van der Waals surface area contributed by atoms with E-state index in [0.29, 0.717) is 42.4 Å². The van der Waals surface area contributed by atoms with Crippen molar-refractivity contribution >= 4 is 34.5 Å². The molecule has 1 aliphatic heterocycles. The first kappa shape index (κ1) is 22.4. The van der Waals surface area contributed by atoms with Gasteiger partial charge in [-0.25, -0.2) is 4.98 Å². The molecule has 9 heteroatoms. The highest BCUT2D eigenvalue weighted by molar-refractivity contribution is 5.96. The number of pyridine rings is 1. The predicted molar refractivity (Wildman–Crippen MR) is 127 cm³/mol. The molecule has 1 atom stereocenters. The second-order valence-corrected chi connectivity index (χ2v) is 8.47. The minimum absolute atomic E-state index is 0.0115. The summed E-state index contributed by atoms with van der Waals surface area (Å²) in [7, 11) is 0. The van der Waals surface area contributed by atoms with Crippen LogP contribution in [0.25, 0.3) is 11.0 Å². The van der Waals surface area contributed by atoms with Gasteiger partial charge in [0.1, 0.15) is 5.65 Å². The number of carbonyl (C=O) groups excluding carboxylic acids is 2. The Morgan fingerprint density at radius 3 is 2.61 bits per heavy atom. The Kier molecular flexibility index (Phi) is 6.39. The highest BCUT2D eigenvalue weighted by Crippen LogP contribution is 2.20. The molecule has 4 rings (SSSR count). The monoisotopic (exact) mass is 448 g/mol. The Morgan fingerprint density at radius 1 is 1.15 bits per heavy atom. The quantitative estimate of drug-likeness (QED) is 0.600. The number of nitrogens with zero attached hydrogens (tertiary/aromatic N) is 4. The highest BCUT2D eigenvalue weighted by atomic mass is 16.2. The van der Waals surface area contributed by atoms with Crippen LogP contribution in [0.2, 0.25) is 0 Å². The van der Waals surface area contributed by atoms with E-state index in [-0.39, 0.29) is 29.5 Å². The van der Waals surface area contributed by atoms with Gasteiger partial charge in [0.25, 0.3) is 11.5 Å². The third-order valence-corrected chi connectivity index (χ3v) is 5.73. The molecular weight excluding hydrogens is 420 g/mol. The third-order valence-electron chi connectivity index (χ3n) is 5.73. The number of nitrogens with one attached hydrogen (secondary N) is 2. The molecule has 0 spiro atoms. The maximum atomic E-state index is 12.9. The van der Waals surface area contributed by atoms with Crippen LogP contribution in [0.15, 0.2) is 47.4 Å². The average molecular weight is 449 g/mol. The molecule has 1 aliphatic rings. The zero-order chi connectivity index (χ0) is 23.5. The Hall–Kier alpha value is -3.75. The van der Waals surface area contributed by atoms with Crippen molar-refractivity contribution in [2.24, 2.45) is 0 Å². The molecule has 0 bridgehead atoms. The summed E-state index contributed by atoms with van der Waals surface area (Å²) in [5.74, 6) is 0.322. The fraction of sp³-hybridized carbons (Fsp3) is 0.375. The summed E-state index contributed by atoms with van der Waals surface area (Å²) in [5, 5.41) is 6.89. The van der Waals surface area contributed by atoms with Crippen LogP contribution >= 0.6 is 0 Å². The van der Waals surface area contributed by atoms with Gasteiger partial charge in [-0.3, -0.25) is 19.0 Å². The number of anilines is 2. The lowest BCUT2D eigenvalue weighted by atomic mass is 10.2. The number of likely N-dealkylation sites (tertiary alicyclic amines) is 1. The second kappa shape index (κ2) is 9.40. The van der Waals surface area contributed by atoms with Crippen LogP contribution in [-0.2, 0) is 4.79 Å². The first-order valence-electron chi connectivity index (χ1n) is 11.2. The summed E-state index contributed by atoms with van der Waals surface area (Å²) in [4.78, 5) is 47.5. The number of fused-ring (bicyclic) bond motifs is 1. The standard InChI is InChI=1S/C24H28N6O3/c1-4-20(31)26-18-8-5-16(6-9-18)23(33)29-12-11-19(14-29)27-24-25-13-17-7-10-21(32)30(15(2)3)22(17)28-24/h5-10,13,15,19H,4,11-12,14H2,1-3H3,(H,26,31)(H,25,27,28). The molecule has 2 N–H and O–H groups in total. The molecule has 0 saturated carbocycles. The van der Waals surface area contributed by atoms with Gasteiger partial charge in [-0.15, -0.1) is 0 Å². The van der Waals surface area contributed by atoms with Gasteiger partial charge < -0.3 is 15.5 Å². The normalized spacial score (nSPS) is 15.8. The zero-order valence-electron chi connectivity index (χ0n) is 19.0. The van der Waals surface area contributed by atoms with E-state index in [1.807, 2.05) is 13.8 Å². The lowest BCUT2D eigenvalue weighted by Crippen LogP contribution is -2.32. The number of aromatic nitrogens is 3. The van der Waals surface area contributed by atoms with E-state index < -0.39 is 0 Å². The van der Waals surface area contributed by atoms with Crippen molar-refractivity contribution in [3.63, 3.8) is 0 Å². The van der Waals surface area contributed by atoms with Crippen molar-refractivity contribution in [3.8, 4) is 0 Å². The Bertz CT molecular complexity index is 1240. The fourth-order valence-electron chi connectivity index (χ4n) is 3.98. The van der Waals surface area contributed by atoms with Crippen molar-refractivity contribution in [1.82, 2.24) is 19.4 Å². The van der Waals surface area contributed by atoms with Gasteiger partial charge >= 0.3 is 0 Å². The summed E-state index contributed by atoms with van der Waals surface area (Å²) >= 11 is 0. The van der Waals surface area contributed by atoms with Gasteiger partial charge in [-0.1, -0.05) is 6.92 Å². The number of amides is 2. The van der Waals surface area contributed by atoms with E-state index >= 15 is 0 Å². The number of hydrogen-bond acceptors (Lipinski definition) is 6. The van der Waals surface area contributed by atoms with Gasteiger partial charge in [0.15, 0.2) is 0 Å². The van der Waals surface area contributed by atoms with Crippen molar-refractivity contribution < 1.29 is 9.59 Å². The summed E-state index contributed by atoms with van der Waals surface area (Å²) < 4.78 is 1.65. The molecule has 9 nitrogen and oxygen atoms in total. The molecule has 172 valence electrons. The van der Waals surface area contributed by atoms with Crippen LogP contribution in [0.4, 0.5) is 11.6 Å². The SMILES string of the molecule is CCC(=O)Nc1ccc(C(=O)N2CCC(Nc3ncc4ccc(=O)n(C(C)C)c4n3)C2)cc1. The van der Waals surface area contributed by atoms with E-state index in [2.05, 4.69) is 20.6 Å². The molecule has 0 radical (unpaired) electrons. The van der Waals surface area contributed by atoms with Crippen LogP contribution in [0.3, 0.4) is 0 Å². The molecule has 1 aromatic carbocycles. The summed E-state index contributed by atoms with van der Waals surface area (Å²) in [5.41, 5.74) is 1.75. The lowest BCUT2D eigenvalue weighted by molar-refractivity contribution is -0.115. The predicted octanol–water partition coefficient (Wildman–Crippen LogP) is 3.05. The Morgan fingerprint density at radius 2 is 1.91 bits per heavy atom.